The van der Waals surface area contributed by atoms with Crippen molar-refractivity contribution in [1.29, 1.82) is 0 Å². The molecule has 1 N–H and O–H groups in total. The molecule has 0 aliphatic heterocycles. The SMILES string of the molecule is [Br-].c1ccc(-c2n[nH][n+](-c3ccccc3)n2)cc1. The summed E-state index contributed by atoms with van der Waals surface area (Å²) in [4.78, 5) is 1.66. The van der Waals surface area contributed by atoms with E-state index in [1.165, 1.54) is 0 Å². The normalized spacial score (nSPS) is 9.78. The van der Waals surface area contributed by atoms with Gasteiger partial charge in [-0.1, -0.05) is 36.4 Å². The Kier molecular flexibility index (Phi) is 3.84. The molecule has 3 aromatic rings. The molecule has 1 aromatic heterocycles. The van der Waals surface area contributed by atoms with Gasteiger partial charge in [-0.15, -0.1) is 0 Å². The predicted molar refractivity (Wildman–Crippen MR) is 63.4 cm³/mol. The molecule has 0 atom stereocenters. The second kappa shape index (κ2) is 5.55. The van der Waals surface area contributed by atoms with Crippen molar-refractivity contribution >= 4 is 0 Å². The van der Waals surface area contributed by atoms with Crippen LogP contribution in [0.1, 0.15) is 0 Å². The van der Waals surface area contributed by atoms with Crippen LogP contribution in [0.2, 0.25) is 0 Å². The molecule has 18 heavy (non-hydrogen) atoms. The summed E-state index contributed by atoms with van der Waals surface area (Å²) in [6.45, 7) is 0. The average Bonchev–Trinajstić information content (AvgIpc) is 2.90. The molecule has 0 radical (unpaired) electrons. The first-order chi connectivity index (χ1) is 8.43. The Labute approximate surface area is 115 Å². The Morgan fingerprint density at radius 3 is 2.11 bits per heavy atom. The zero-order chi connectivity index (χ0) is 11.5. The van der Waals surface area contributed by atoms with Gasteiger partial charge in [-0.2, -0.15) is 0 Å². The summed E-state index contributed by atoms with van der Waals surface area (Å²) >= 11 is 0. The van der Waals surface area contributed by atoms with Crippen LogP contribution < -0.4 is 21.8 Å². The zero-order valence-corrected chi connectivity index (χ0v) is 11.1. The molecule has 0 aliphatic rings. The molecule has 0 saturated heterocycles. The van der Waals surface area contributed by atoms with E-state index in [2.05, 4.69) is 15.4 Å². The van der Waals surface area contributed by atoms with Crippen molar-refractivity contribution in [2.45, 2.75) is 0 Å². The van der Waals surface area contributed by atoms with Crippen LogP contribution >= 0.6 is 0 Å². The van der Waals surface area contributed by atoms with Crippen molar-refractivity contribution in [3.05, 3.63) is 60.7 Å². The van der Waals surface area contributed by atoms with Gasteiger partial charge in [0.2, 0.25) is 0 Å². The van der Waals surface area contributed by atoms with Crippen LogP contribution in [-0.4, -0.2) is 15.4 Å². The molecule has 5 heteroatoms. The van der Waals surface area contributed by atoms with E-state index in [-0.39, 0.29) is 17.0 Å². The first-order valence-corrected chi connectivity index (χ1v) is 5.39. The van der Waals surface area contributed by atoms with Crippen molar-refractivity contribution in [3.8, 4) is 17.1 Å². The smallest absolute Gasteiger partial charge is 0.339 e. The second-order valence-corrected chi connectivity index (χ2v) is 3.65. The Hall–Kier alpha value is -2.01. The molecular weight excluding hydrogens is 292 g/mol. The Morgan fingerprint density at radius 1 is 0.833 bits per heavy atom. The molecule has 2 aromatic carbocycles. The molecule has 0 saturated carbocycles. The monoisotopic (exact) mass is 302 g/mol. The summed E-state index contributed by atoms with van der Waals surface area (Å²) in [6, 6.07) is 19.7. The van der Waals surface area contributed by atoms with E-state index in [0.717, 1.165) is 11.3 Å². The van der Waals surface area contributed by atoms with Crippen molar-refractivity contribution < 1.29 is 21.8 Å². The van der Waals surface area contributed by atoms with Crippen LogP contribution in [0.15, 0.2) is 60.7 Å². The maximum Gasteiger partial charge on any atom is 0.339 e. The van der Waals surface area contributed by atoms with Gasteiger partial charge in [0.15, 0.2) is 5.69 Å². The van der Waals surface area contributed by atoms with Gasteiger partial charge in [0.1, 0.15) is 0 Å². The highest BCUT2D eigenvalue weighted by Gasteiger charge is 2.14. The van der Waals surface area contributed by atoms with E-state index < -0.39 is 0 Å². The fourth-order valence-electron chi connectivity index (χ4n) is 1.63. The minimum atomic E-state index is 0. The van der Waals surface area contributed by atoms with Gasteiger partial charge >= 0.3 is 5.82 Å². The summed E-state index contributed by atoms with van der Waals surface area (Å²) in [5.41, 5.74) is 1.96. The fraction of sp³-hybridized carbons (Fsp3) is 0. The number of rotatable bonds is 2. The molecule has 0 aliphatic carbocycles. The quantitative estimate of drug-likeness (QED) is 0.602. The minimum absolute atomic E-state index is 0. The van der Waals surface area contributed by atoms with Crippen molar-refractivity contribution in [1.82, 2.24) is 15.4 Å². The lowest BCUT2D eigenvalue weighted by molar-refractivity contribution is -0.716. The Morgan fingerprint density at radius 2 is 1.44 bits per heavy atom. The van der Waals surface area contributed by atoms with Gasteiger partial charge in [-0.05, 0) is 39.4 Å². The molecule has 0 unspecified atom stereocenters. The topological polar surface area (TPSA) is 45.5 Å². The summed E-state index contributed by atoms with van der Waals surface area (Å²) in [6.07, 6.45) is 0. The molecule has 0 fully saturated rings. The van der Waals surface area contributed by atoms with Gasteiger partial charge in [-0.3, -0.25) is 0 Å². The second-order valence-electron chi connectivity index (χ2n) is 3.65. The van der Waals surface area contributed by atoms with Gasteiger partial charge in [0, 0.05) is 0 Å². The predicted octanol–water partition coefficient (Wildman–Crippen LogP) is -1.25. The van der Waals surface area contributed by atoms with E-state index in [4.69, 9.17) is 0 Å². The fourth-order valence-corrected chi connectivity index (χ4v) is 1.63. The largest absolute Gasteiger partial charge is 1.00 e. The van der Waals surface area contributed by atoms with Crippen LogP contribution in [0.3, 0.4) is 0 Å². The highest BCUT2D eigenvalue weighted by Crippen LogP contribution is 2.10. The minimum Gasteiger partial charge on any atom is -1.00 e. The number of tetrazole rings is 1. The molecule has 3 rings (SSSR count). The lowest BCUT2D eigenvalue weighted by atomic mass is 10.2. The maximum absolute atomic E-state index is 4.40. The lowest BCUT2D eigenvalue weighted by Crippen LogP contribution is -3.00. The molecular formula is C13H11BrN4. The standard InChI is InChI=1S/C13H10N4.BrH/c1-3-7-11(8-4-1)13-14-16-17(15-13)12-9-5-2-6-10-12;/h1-10H;1H. The molecule has 0 amide bonds. The van der Waals surface area contributed by atoms with E-state index in [1.54, 1.807) is 4.80 Å². The first-order valence-electron chi connectivity index (χ1n) is 5.39. The van der Waals surface area contributed by atoms with Gasteiger partial charge < -0.3 is 17.0 Å². The number of aromatic nitrogens is 4. The number of nitrogens with zero attached hydrogens (tertiary/aromatic N) is 3. The van der Waals surface area contributed by atoms with Crippen molar-refractivity contribution in [3.63, 3.8) is 0 Å². The third kappa shape index (κ3) is 2.46. The van der Waals surface area contributed by atoms with Crippen LogP contribution in [0, 0.1) is 0 Å². The first kappa shape index (κ1) is 12.4. The molecule has 90 valence electrons. The number of halogens is 1. The Bertz CT molecular complexity index is 553. The van der Waals surface area contributed by atoms with Crippen molar-refractivity contribution in [2.75, 3.05) is 0 Å². The van der Waals surface area contributed by atoms with E-state index in [1.807, 2.05) is 60.7 Å². The number of nitrogens with one attached hydrogen (secondary N) is 1. The van der Waals surface area contributed by atoms with Gasteiger partial charge in [-0.25, -0.2) is 0 Å². The van der Waals surface area contributed by atoms with E-state index in [9.17, 15) is 0 Å². The number of H-pyrrole nitrogens is 1. The van der Waals surface area contributed by atoms with Crippen molar-refractivity contribution in [2.24, 2.45) is 0 Å². The highest BCUT2D eigenvalue weighted by molar-refractivity contribution is 5.52. The summed E-state index contributed by atoms with van der Waals surface area (Å²) in [7, 11) is 0. The lowest BCUT2D eigenvalue weighted by Gasteiger charge is -1.89. The number of aromatic amines is 1. The molecule has 1 heterocycles. The van der Waals surface area contributed by atoms with Crippen LogP contribution in [0.25, 0.3) is 17.1 Å². The van der Waals surface area contributed by atoms with Crippen LogP contribution in [0.4, 0.5) is 0 Å². The summed E-state index contributed by atoms with van der Waals surface area (Å²) in [5.74, 6) is 0.689. The molecule has 0 spiro atoms. The van der Waals surface area contributed by atoms with E-state index in [0.29, 0.717) is 5.82 Å². The number of hydrogen-bond acceptors (Lipinski definition) is 2. The third-order valence-electron chi connectivity index (χ3n) is 2.48. The number of benzene rings is 2. The van der Waals surface area contributed by atoms with E-state index >= 15 is 0 Å². The Balaban J connectivity index is 0.00000120. The van der Waals surface area contributed by atoms with Gasteiger partial charge in [0.05, 0.1) is 10.7 Å². The number of hydrogen-bond donors (Lipinski definition) is 1. The zero-order valence-electron chi connectivity index (χ0n) is 9.49. The third-order valence-corrected chi connectivity index (χ3v) is 2.48. The van der Waals surface area contributed by atoms with Crippen LogP contribution in [-0.2, 0) is 0 Å². The molecule has 0 bridgehead atoms. The van der Waals surface area contributed by atoms with Gasteiger partial charge in [0.25, 0.3) is 0 Å². The molecule has 4 nitrogen and oxygen atoms in total. The summed E-state index contributed by atoms with van der Waals surface area (Å²) in [5, 5.41) is 11.5. The van der Waals surface area contributed by atoms with Crippen LogP contribution in [0.5, 0.6) is 0 Å². The highest BCUT2D eigenvalue weighted by atomic mass is 79.9. The summed E-state index contributed by atoms with van der Waals surface area (Å²) < 4.78 is 0. The maximum atomic E-state index is 4.40. The average molecular weight is 303 g/mol. The number of para-hydroxylation sites is 1.